The molecule has 0 radical (unpaired) electrons. The van der Waals surface area contributed by atoms with E-state index in [1.165, 1.54) is 51.4 Å². The van der Waals surface area contributed by atoms with Gasteiger partial charge in [-0.25, -0.2) is 0 Å². The van der Waals surface area contributed by atoms with Crippen molar-refractivity contribution in [3.05, 3.63) is 0 Å². The van der Waals surface area contributed by atoms with Gasteiger partial charge in [-0.3, -0.25) is 14.5 Å². The highest BCUT2D eigenvalue weighted by atomic mass is 16.5. The van der Waals surface area contributed by atoms with E-state index >= 15 is 0 Å². The Morgan fingerprint density at radius 3 is 1.76 bits per heavy atom. The van der Waals surface area contributed by atoms with E-state index < -0.39 is 12.2 Å². The number of aliphatic hydroxyl groups is 3. The summed E-state index contributed by atoms with van der Waals surface area (Å²) in [6, 6.07) is 0. The number of hydrogen-bond donors (Lipinski definition) is 3. The van der Waals surface area contributed by atoms with Crippen LogP contribution in [-0.2, 0) is 19.1 Å². The molecular formula is C33H65NO7. The molecule has 0 aliphatic carbocycles. The number of carbonyl (C=O) groups is 2. The predicted molar refractivity (Wildman–Crippen MR) is 166 cm³/mol. The van der Waals surface area contributed by atoms with E-state index in [-0.39, 0.29) is 18.5 Å². The molecule has 0 aliphatic heterocycles. The van der Waals surface area contributed by atoms with Crippen molar-refractivity contribution in [3.8, 4) is 0 Å². The van der Waals surface area contributed by atoms with Gasteiger partial charge >= 0.3 is 5.97 Å². The fraction of sp³-hybridized carbons (Fsp3) is 0.939. The van der Waals surface area contributed by atoms with Crippen LogP contribution in [0.2, 0.25) is 0 Å². The molecular weight excluding hydrogens is 522 g/mol. The molecule has 3 atom stereocenters. The maximum atomic E-state index is 12.8. The van der Waals surface area contributed by atoms with Crippen LogP contribution >= 0.6 is 0 Å². The summed E-state index contributed by atoms with van der Waals surface area (Å²) in [7, 11) is 0. The molecule has 3 unspecified atom stereocenters. The van der Waals surface area contributed by atoms with Gasteiger partial charge in [0.2, 0.25) is 0 Å². The molecule has 0 bridgehead atoms. The Balaban J connectivity index is 4.40. The smallest absolute Gasteiger partial charge is 0.308 e. The standard InChI is InChI=1S/C33H65NO7/c1-3-5-7-9-10-12-20-30(19-11-8-6-4-2)33(39)41-26-18-14-22-32(38)28-34(23-15-16-24-35)27-31(37)21-13-17-25-40-29-36/h29-32,35,37-38H,3-28H2,1-2H3. The summed E-state index contributed by atoms with van der Waals surface area (Å²) in [6.45, 7) is 7.41. The SMILES string of the molecule is CCCCCCCCC(CCCCCC)C(=O)OCCCCC(O)CN(CCCCO)CC(O)CCCCOC=O. The molecule has 0 aromatic carbocycles. The second-order valence-corrected chi connectivity index (χ2v) is 11.7. The van der Waals surface area contributed by atoms with E-state index in [1.807, 2.05) is 0 Å². The van der Waals surface area contributed by atoms with Crippen LogP contribution in [0.1, 0.15) is 142 Å². The van der Waals surface area contributed by atoms with Crippen LogP contribution in [-0.4, -0.2) is 84.3 Å². The van der Waals surface area contributed by atoms with Gasteiger partial charge in [0, 0.05) is 19.7 Å². The summed E-state index contributed by atoms with van der Waals surface area (Å²) in [5.41, 5.74) is 0. The normalized spacial score (nSPS) is 13.7. The number of esters is 1. The van der Waals surface area contributed by atoms with Crippen molar-refractivity contribution in [1.82, 2.24) is 4.90 Å². The molecule has 8 nitrogen and oxygen atoms in total. The van der Waals surface area contributed by atoms with Gasteiger partial charge < -0.3 is 24.8 Å². The molecule has 0 aromatic rings. The summed E-state index contributed by atoms with van der Waals surface area (Å²) in [4.78, 5) is 25.1. The Bertz CT molecular complexity index is 578. The minimum absolute atomic E-state index is 0.0140. The molecule has 0 aromatic heterocycles. The zero-order valence-electron chi connectivity index (χ0n) is 26.6. The van der Waals surface area contributed by atoms with E-state index in [0.29, 0.717) is 65.0 Å². The minimum atomic E-state index is -0.521. The summed E-state index contributed by atoms with van der Waals surface area (Å²) >= 11 is 0. The Hall–Kier alpha value is -1.22. The second kappa shape index (κ2) is 30.2. The first kappa shape index (κ1) is 39.8. The Morgan fingerprint density at radius 1 is 0.683 bits per heavy atom. The summed E-state index contributed by atoms with van der Waals surface area (Å²) in [6.07, 6.45) is 18.6. The molecule has 0 rings (SSSR count). The van der Waals surface area contributed by atoms with Gasteiger partial charge in [-0.15, -0.1) is 0 Å². The quantitative estimate of drug-likeness (QED) is 0.0486. The van der Waals surface area contributed by atoms with Crippen LogP contribution in [0.5, 0.6) is 0 Å². The van der Waals surface area contributed by atoms with Crippen molar-refractivity contribution in [1.29, 1.82) is 0 Å². The van der Waals surface area contributed by atoms with E-state index in [1.54, 1.807) is 0 Å². The van der Waals surface area contributed by atoms with E-state index in [0.717, 1.165) is 51.4 Å². The van der Waals surface area contributed by atoms with Crippen LogP contribution < -0.4 is 0 Å². The van der Waals surface area contributed by atoms with Crippen molar-refractivity contribution in [2.45, 2.75) is 154 Å². The van der Waals surface area contributed by atoms with Gasteiger partial charge in [-0.2, -0.15) is 0 Å². The van der Waals surface area contributed by atoms with Gasteiger partial charge in [0.1, 0.15) is 0 Å². The van der Waals surface area contributed by atoms with Crippen molar-refractivity contribution >= 4 is 12.4 Å². The van der Waals surface area contributed by atoms with Gasteiger partial charge in [0.15, 0.2) is 0 Å². The fourth-order valence-electron chi connectivity index (χ4n) is 5.24. The average molecular weight is 588 g/mol. The highest BCUT2D eigenvalue weighted by Crippen LogP contribution is 2.21. The number of rotatable bonds is 32. The second-order valence-electron chi connectivity index (χ2n) is 11.7. The predicted octanol–water partition coefficient (Wildman–Crippen LogP) is 6.18. The lowest BCUT2D eigenvalue weighted by molar-refractivity contribution is -0.149. The number of aliphatic hydroxyl groups excluding tert-OH is 3. The van der Waals surface area contributed by atoms with Crippen LogP contribution in [0.15, 0.2) is 0 Å². The third kappa shape index (κ3) is 26.2. The third-order valence-corrected chi connectivity index (χ3v) is 7.76. The van der Waals surface area contributed by atoms with Gasteiger partial charge in [-0.1, -0.05) is 78.1 Å². The molecule has 0 fully saturated rings. The van der Waals surface area contributed by atoms with Crippen LogP contribution in [0, 0.1) is 5.92 Å². The third-order valence-electron chi connectivity index (χ3n) is 7.76. The Labute approximate surface area is 251 Å². The first-order chi connectivity index (χ1) is 20.0. The van der Waals surface area contributed by atoms with Crippen LogP contribution in [0.25, 0.3) is 0 Å². The molecule has 244 valence electrons. The average Bonchev–Trinajstić information content (AvgIpc) is 2.95. The number of nitrogens with zero attached hydrogens (tertiary/aromatic N) is 1. The minimum Gasteiger partial charge on any atom is -0.468 e. The Morgan fingerprint density at radius 2 is 1.20 bits per heavy atom. The fourth-order valence-corrected chi connectivity index (χ4v) is 5.24. The van der Waals surface area contributed by atoms with Gasteiger partial charge in [0.25, 0.3) is 6.47 Å². The monoisotopic (exact) mass is 587 g/mol. The highest BCUT2D eigenvalue weighted by molar-refractivity contribution is 5.72. The van der Waals surface area contributed by atoms with Crippen molar-refractivity contribution in [2.75, 3.05) is 39.5 Å². The molecule has 0 spiro atoms. The maximum Gasteiger partial charge on any atom is 0.308 e. The number of unbranched alkanes of at least 4 members (excludes halogenated alkanes) is 11. The number of hydrogen-bond acceptors (Lipinski definition) is 8. The zero-order valence-corrected chi connectivity index (χ0v) is 26.6. The Kier molecular flexibility index (Phi) is 29.3. The molecule has 3 N–H and O–H groups in total. The van der Waals surface area contributed by atoms with Crippen LogP contribution in [0.3, 0.4) is 0 Å². The van der Waals surface area contributed by atoms with Crippen molar-refractivity contribution in [3.63, 3.8) is 0 Å². The largest absolute Gasteiger partial charge is 0.468 e. The molecule has 0 heterocycles. The molecule has 41 heavy (non-hydrogen) atoms. The van der Waals surface area contributed by atoms with E-state index in [9.17, 15) is 19.8 Å². The van der Waals surface area contributed by atoms with Gasteiger partial charge in [0.05, 0.1) is 31.3 Å². The maximum absolute atomic E-state index is 12.8. The summed E-state index contributed by atoms with van der Waals surface area (Å²) in [5.74, 6) is -0.0301. The van der Waals surface area contributed by atoms with Crippen molar-refractivity contribution < 1.29 is 34.4 Å². The summed E-state index contributed by atoms with van der Waals surface area (Å²) < 4.78 is 10.4. The first-order valence-corrected chi connectivity index (χ1v) is 16.9. The first-order valence-electron chi connectivity index (χ1n) is 16.9. The van der Waals surface area contributed by atoms with Crippen molar-refractivity contribution in [2.24, 2.45) is 5.92 Å². The highest BCUT2D eigenvalue weighted by Gasteiger charge is 2.20. The molecule has 0 saturated carbocycles. The lowest BCUT2D eigenvalue weighted by Gasteiger charge is -2.27. The molecule has 0 aliphatic rings. The molecule has 8 heteroatoms. The molecule has 0 saturated heterocycles. The number of carbonyl (C=O) groups excluding carboxylic acids is 2. The van der Waals surface area contributed by atoms with E-state index in [4.69, 9.17) is 14.6 Å². The zero-order chi connectivity index (χ0) is 30.4. The number of ether oxygens (including phenoxy) is 2. The topological polar surface area (TPSA) is 117 Å². The van der Waals surface area contributed by atoms with E-state index in [2.05, 4.69) is 18.7 Å². The summed E-state index contributed by atoms with van der Waals surface area (Å²) in [5, 5.41) is 30.2. The van der Waals surface area contributed by atoms with Crippen LogP contribution in [0.4, 0.5) is 0 Å². The lowest BCUT2D eigenvalue weighted by Crippen LogP contribution is -2.38. The lowest BCUT2D eigenvalue weighted by atomic mass is 9.94. The molecule has 0 amide bonds. The van der Waals surface area contributed by atoms with Gasteiger partial charge in [-0.05, 0) is 70.8 Å².